The van der Waals surface area contributed by atoms with E-state index in [2.05, 4.69) is 27.1 Å². The maximum atomic E-state index is 8.12. The SMILES string of the molecule is [2H]C([2H])([2H])c1ccc(-c2[c-]cc(C([2H])([2H])[2H])c(-c3ccccc3)c2)nc1.[2H]C([2H])([2H])c1ccc2cc(-c3cc(-c4[c-]ccc5c4oc4nc(C([2H])([2H])[2H])ccc45)ncc3C([2H])([2H])[2H])ccc2c1.[Ir]. The van der Waals surface area contributed by atoms with E-state index >= 15 is 0 Å². The molecule has 0 bridgehead atoms. The Labute approximate surface area is 345 Å². The summed E-state index contributed by atoms with van der Waals surface area (Å²) < 4.78 is 122. The molecule has 4 heterocycles. The zero-order valence-electron chi connectivity index (χ0n) is 42.8. The number of pyridine rings is 3. The van der Waals surface area contributed by atoms with Crippen molar-refractivity contribution in [3.8, 4) is 44.8 Å². The second-order valence-corrected chi connectivity index (χ2v) is 12.1. The van der Waals surface area contributed by atoms with E-state index < -0.39 is 34.3 Å². The van der Waals surface area contributed by atoms with Gasteiger partial charge < -0.3 is 14.4 Å². The van der Waals surface area contributed by atoms with Crippen molar-refractivity contribution in [2.45, 2.75) is 34.3 Å². The summed E-state index contributed by atoms with van der Waals surface area (Å²) in [5.41, 5.74) is 5.57. The van der Waals surface area contributed by atoms with Gasteiger partial charge in [0, 0.05) is 64.1 Å². The van der Waals surface area contributed by atoms with Gasteiger partial charge in [0.2, 0.25) is 5.71 Å². The minimum Gasteiger partial charge on any atom is -0.486 e. The fraction of sp³-hybridized carbons (Fsp3) is 0.104. The van der Waals surface area contributed by atoms with E-state index in [1.807, 2.05) is 36.4 Å². The second-order valence-electron chi connectivity index (χ2n) is 12.1. The van der Waals surface area contributed by atoms with Crippen LogP contribution in [0.3, 0.4) is 0 Å². The third kappa shape index (κ3) is 7.32. The van der Waals surface area contributed by atoms with E-state index in [1.54, 1.807) is 66.7 Å². The minimum atomic E-state index is -2.45. The van der Waals surface area contributed by atoms with Crippen molar-refractivity contribution in [3.05, 3.63) is 174 Å². The summed E-state index contributed by atoms with van der Waals surface area (Å²) in [4.78, 5) is 12.9. The summed E-state index contributed by atoms with van der Waals surface area (Å²) in [6, 6.07) is 40.1. The molecule has 0 atom stereocenters. The Kier molecular flexibility index (Phi) is 6.18. The Morgan fingerprint density at radius 2 is 1.42 bits per heavy atom. The first-order chi connectivity index (χ1) is 31.4. The van der Waals surface area contributed by atoms with Gasteiger partial charge in [0.25, 0.3) is 0 Å². The number of furan rings is 1. The number of aryl methyl sites for hydroxylation is 5. The van der Waals surface area contributed by atoms with Crippen molar-refractivity contribution < 1.29 is 45.1 Å². The molecule has 0 unspecified atom stereocenters. The molecule has 0 aliphatic heterocycles. The van der Waals surface area contributed by atoms with Crippen LogP contribution in [0.1, 0.15) is 48.5 Å². The van der Waals surface area contributed by atoms with Gasteiger partial charge in [-0.15, -0.1) is 47.5 Å². The van der Waals surface area contributed by atoms with Gasteiger partial charge in [0.15, 0.2) is 0 Å². The van der Waals surface area contributed by atoms with Crippen LogP contribution in [0, 0.1) is 46.4 Å². The molecule has 0 spiro atoms. The molecule has 0 amide bonds. The Bertz CT molecular complexity index is 3280. The molecule has 261 valence electrons. The summed E-state index contributed by atoms with van der Waals surface area (Å²) in [6.45, 7) is -11.6. The first kappa shape index (κ1) is 21.7. The van der Waals surface area contributed by atoms with Crippen LogP contribution in [-0.2, 0) is 20.1 Å². The van der Waals surface area contributed by atoms with E-state index in [9.17, 15) is 0 Å². The average Bonchev–Trinajstić information content (AvgIpc) is 3.66. The van der Waals surface area contributed by atoms with Crippen LogP contribution in [0.4, 0.5) is 0 Å². The molecule has 5 heteroatoms. The van der Waals surface area contributed by atoms with Gasteiger partial charge >= 0.3 is 0 Å². The molecular weight excluding hydrogens is 827 g/mol. The van der Waals surface area contributed by atoms with Crippen LogP contribution in [0.15, 0.2) is 138 Å². The van der Waals surface area contributed by atoms with Crippen LogP contribution in [-0.4, -0.2) is 15.0 Å². The van der Waals surface area contributed by atoms with Gasteiger partial charge in [0.05, 0.1) is 5.58 Å². The molecule has 4 aromatic heterocycles. The number of fused-ring (bicyclic) bond motifs is 4. The fourth-order valence-electron chi connectivity index (χ4n) is 6.11. The predicted octanol–water partition coefficient (Wildman–Crippen LogP) is 12.4. The Morgan fingerprint density at radius 3 is 2.23 bits per heavy atom. The fourth-order valence-corrected chi connectivity index (χ4v) is 6.11. The second kappa shape index (κ2) is 15.1. The zero-order valence-corrected chi connectivity index (χ0v) is 30.2. The van der Waals surface area contributed by atoms with E-state index in [0.717, 1.165) is 16.3 Å². The smallest absolute Gasteiger partial charge is 0.216 e. The normalized spacial score (nSPS) is 16.3. The van der Waals surface area contributed by atoms with Crippen LogP contribution >= 0.6 is 0 Å². The van der Waals surface area contributed by atoms with E-state index in [1.165, 1.54) is 30.6 Å². The third-order valence-corrected chi connectivity index (χ3v) is 8.68. The van der Waals surface area contributed by atoms with E-state index in [4.69, 9.17) is 25.0 Å². The molecule has 1 radical (unpaired) electrons. The first-order valence-corrected chi connectivity index (χ1v) is 16.2. The summed E-state index contributed by atoms with van der Waals surface area (Å²) in [6.07, 6.45) is 2.63. The van der Waals surface area contributed by atoms with Crippen LogP contribution < -0.4 is 0 Å². The molecule has 0 N–H and O–H groups in total. The molecule has 9 aromatic rings. The number of hydrogen-bond donors (Lipinski definition) is 0. The van der Waals surface area contributed by atoms with Gasteiger partial charge in [-0.3, -0.25) is 0 Å². The van der Waals surface area contributed by atoms with Crippen molar-refractivity contribution in [2.24, 2.45) is 0 Å². The Hall–Kier alpha value is -5.74. The van der Waals surface area contributed by atoms with Crippen LogP contribution in [0.2, 0.25) is 0 Å². The predicted molar refractivity (Wildman–Crippen MR) is 214 cm³/mol. The molecule has 0 saturated carbocycles. The maximum Gasteiger partial charge on any atom is 0.216 e. The molecule has 9 rings (SSSR count). The van der Waals surface area contributed by atoms with Crippen molar-refractivity contribution >= 4 is 32.8 Å². The van der Waals surface area contributed by atoms with Crippen LogP contribution in [0.25, 0.3) is 77.6 Å². The number of nitrogens with zero attached hydrogens (tertiary/aromatic N) is 3. The Balaban J connectivity index is 0.000000219. The summed E-state index contributed by atoms with van der Waals surface area (Å²) >= 11 is 0. The zero-order chi connectivity index (χ0) is 48.3. The van der Waals surface area contributed by atoms with Gasteiger partial charge in [-0.2, -0.15) is 0 Å². The maximum absolute atomic E-state index is 8.12. The van der Waals surface area contributed by atoms with Crippen molar-refractivity contribution in [1.29, 1.82) is 0 Å². The largest absolute Gasteiger partial charge is 0.486 e. The molecule has 4 nitrogen and oxygen atoms in total. The van der Waals surface area contributed by atoms with E-state index in [0.29, 0.717) is 55.6 Å². The monoisotopic (exact) mass is 879 g/mol. The van der Waals surface area contributed by atoms with Crippen LogP contribution in [0.5, 0.6) is 0 Å². The minimum absolute atomic E-state index is 0. The van der Waals surface area contributed by atoms with Gasteiger partial charge in [-0.25, -0.2) is 4.98 Å². The topological polar surface area (TPSA) is 51.8 Å². The number of rotatable bonds is 4. The average molecular weight is 879 g/mol. The molecule has 0 saturated heterocycles. The molecule has 53 heavy (non-hydrogen) atoms. The van der Waals surface area contributed by atoms with Gasteiger partial charge in [-0.1, -0.05) is 108 Å². The molecule has 5 aromatic carbocycles. The van der Waals surface area contributed by atoms with E-state index in [-0.39, 0.29) is 53.8 Å². The van der Waals surface area contributed by atoms with Gasteiger partial charge in [-0.05, 0) is 95.6 Å². The van der Waals surface area contributed by atoms with Gasteiger partial charge in [0.1, 0.15) is 0 Å². The van der Waals surface area contributed by atoms with Crippen molar-refractivity contribution in [3.63, 3.8) is 0 Å². The Morgan fingerprint density at radius 1 is 0.604 bits per heavy atom. The third-order valence-electron chi connectivity index (χ3n) is 8.68. The summed E-state index contributed by atoms with van der Waals surface area (Å²) in [5, 5.41) is 2.80. The molecular formula is C48H37IrN3O-2. The molecule has 0 fully saturated rings. The number of aromatic nitrogens is 3. The van der Waals surface area contributed by atoms with Crippen molar-refractivity contribution in [1.82, 2.24) is 15.0 Å². The quantitative estimate of drug-likeness (QED) is 0.165. The first-order valence-electron chi connectivity index (χ1n) is 23.7. The summed E-state index contributed by atoms with van der Waals surface area (Å²) in [7, 11) is 0. The number of benzene rings is 5. The number of hydrogen-bond acceptors (Lipinski definition) is 4. The molecule has 0 aliphatic rings. The summed E-state index contributed by atoms with van der Waals surface area (Å²) in [5.74, 6) is 0. The molecule has 0 aliphatic carbocycles. The standard InChI is InChI=1S/C29H21N2O.C19H16N.Ir/c1-17-7-9-21-14-22(11-10-20(21)13-17)26-15-27(30-16-18(26)2)25-6-4-5-23-24-12-8-19(3)31-29(24)32-28(23)25;1-14-8-11-19(20-13-14)17-10-9-15(2)18(12-17)16-6-4-3-5-7-16;/h4-5,7-16H,1-3H3;3-9,11-13H,1-2H3;/q2*-1;/i1D3,2D3,3D3;1D3,2D3;. The van der Waals surface area contributed by atoms with Crippen molar-refractivity contribution in [2.75, 3.05) is 0 Å².